The minimum atomic E-state index is 0.0576. The fraction of sp³-hybridized carbons (Fsp3) is 0.500. The SMILES string of the molecule is Cc1ccc(CN[C@@H]2CC(=O)N(C)[C@H]2c2cnn(C)c2C)s1. The van der Waals surface area contributed by atoms with E-state index in [-0.39, 0.29) is 18.0 Å². The number of nitrogens with one attached hydrogen (secondary N) is 1. The number of aryl methyl sites for hydroxylation is 2. The molecule has 0 aromatic carbocycles. The standard InChI is InChI=1S/C16H22N4OS/c1-10-5-6-12(22-10)8-17-14-7-15(21)19(3)16(14)13-9-18-20(4)11(13)2/h5-6,9,14,16-17H,7-8H2,1-4H3/t14-,16+/m1/s1. The molecule has 0 aliphatic carbocycles. The average Bonchev–Trinajstić information content (AvgIpc) is 3.11. The number of likely N-dealkylation sites (N-methyl/N-ethyl adjacent to an activating group) is 1. The number of carbonyl (C=O) groups is 1. The maximum Gasteiger partial charge on any atom is 0.224 e. The van der Waals surface area contributed by atoms with Crippen LogP contribution < -0.4 is 5.32 Å². The highest BCUT2D eigenvalue weighted by molar-refractivity contribution is 7.11. The zero-order chi connectivity index (χ0) is 15.9. The molecule has 1 fully saturated rings. The Morgan fingerprint density at radius 3 is 2.73 bits per heavy atom. The first-order chi connectivity index (χ1) is 10.5. The number of carbonyl (C=O) groups excluding carboxylic acids is 1. The van der Waals surface area contributed by atoms with Gasteiger partial charge in [0.25, 0.3) is 0 Å². The summed E-state index contributed by atoms with van der Waals surface area (Å²) in [7, 11) is 3.82. The fourth-order valence-electron chi connectivity index (χ4n) is 3.10. The van der Waals surface area contributed by atoms with Crippen LogP contribution in [0.4, 0.5) is 0 Å². The Morgan fingerprint density at radius 1 is 1.36 bits per heavy atom. The van der Waals surface area contributed by atoms with E-state index in [0.29, 0.717) is 6.42 Å². The van der Waals surface area contributed by atoms with Crippen molar-refractivity contribution in [1.82, 2.24) is 20.0 Å². The number of aromatic nitrogens is 2. The van der Waals surface area contributed by atoms with Gasteiger partial charge in [0, 0.05) is 54.1 Å². The minimum Gasteiger partial charge on any atom is -0.337 e. The number of hydrogen-bond acceptors (Lipinski definition) is 4. The van der Waals surface area contributed by atoms with Crippen LogP contribution in [-0.2, 0) is 18.4 Å². The van der Waals surface area contributed by atoms with Crippen LogP contribution in [0.5, 0.6) is 0 Å². The summed E-state index contributed by atoms with van der Waals surface area (Å²) in [4.78, 5) is 16.6. The van der Waals surface area contributed by atoms with Gasteiger partial charge in [0.15, 0.2) is 0 Å². The molecular weight excluding hydrogens is 296 g/mol. The van der Waals surface area contributed by atoms with Gasteiger partial charge in [0.05, 0.1) is 12.2 Å². The second-order valence-corrected chi connectivity index (χ2v) is 7.33. The molecule has 3 heterocycles. The molecule has 1 saturated heterocycles. The lowest BCUT2D eigenvalue weighted by molar-refractivity contribution is -0.127. The summed E-state index contributed by atoms with van der Waals surface area (Å²) in [6.45, 7) is 4.97. The summed E-state index contributed by atoms with van der Waals surface area (Å²) in [5, 5.41) is 7.90. The van der Waals surface area contributed by atoms with Crippen molar-refractivity contribution >= 4 is 17.2 Å². The van der Waals surface area contributed by atoms with Gasteiger partial charge in [-0.25, -0.2) is 0 Å². The van der Waals surface area contributed by atoms with E-state index in [1.165, 1.54) is 9.75 Å². The van der Waals surface area contributed by atoms with Crippen LogP contribution in [0.2, 0.25) is 0 Å². The van der Waals surface area contributed by atoms with Crippen LogP contribution in [0.15, 0.2) is 18.3 Å². The number of likely N-dealkylation sites (tertiary alicyclic amines) is 1. The lowest BCUT2D eigenvalue weighted by Gasteiger charge is -2.25. The quantitative estimate of drug-likeness (QED) is 0.940. The van der Waals surface area contributed by atoms with E-state index in [1.54, 1.807) is 11.3 Å². The Balaban J connectivity index is 1.79. The maximum absolute atomic E-state index is 12.2. The average molecular weight is 318 g/mol. The van der Waals surface area contributed by atoms with Gasteiger partial charge in [0.1, 0.15) is 0 Å². The summed E-state index contributed by atoms with van der Waals surface area (Å²) < 4.78 is 1.87. The summed E-state index contributed by atoms with van der Waals surface area (Å²) >= 11 is 1.80. The molecule has 3 rings (SSSR count). The first-order valence-electron chi connectivity index (χ1n) is 7.50. The molecular formula is C16H22N4OS. The molecule has 2 atom stereocenters. The summed E-state index contributed by atoms with van der Waals surface area (Å²) in [5.41, 5.74) is 2.25. The zero-order valence-electron chi connectivity index (χ0n) is 13.5. The van der Waals surface area contributed by atoms with E-state index in [1.807, 2.05) is 29.9 Å². The Labute approximate surface area is 134 Å². The van der Waals surface area contributed by atoms with E-state index >= 15 is 0 Å². The molecule has 118 valence electrons. The van der Waals surface area contributed by atoms with Crippen molar-refractivity contribution in [2.24, 2.45) is 7.05 Å². The molecule has 1 aliphatic rings. The summed E-state index contributed by atoms with van der Waals surface area (Å²) in [5.74, 6) is 0.188. The smallest absolute Gasteiger partial charge is 0.224 e. The van der Waals surface area contributed by atoms with Crippen molar-refractivity contribution in [2.75, 3.05) is 7.05 Å². The van der Waals surface area contributed by atoms with Gasteiger partial charge in [-0.3, -0.25) is 9.48 Å². The van der Waals surface area contributed by atoms with E-state index in [9.17, 15) is 4.79 Å². The molecule has 0 radical (unpaired) electrons. The normalized spacial score (nSPS) is 21.8. The third kappa shape index (κ3) is 2.68. The van der Waals surface area contributed by atoms with Crippen LogP contribution in [0, 0.1) is 13.8 Å². The van der Waals surface area contributed by atoms with Crippen LogP contribution >= 0.6 is 11.3 Å². The van der Waals surface area contributed by atoms with E-state index in [0.717, 1.165) is 17.8 Å². The van der Waals surface area contributed by atoms with Crippen LogP contribution in [-0.4, -0.2) is 33.7 Å². The van der Waals surface area contributed by atoms with Crippen LogP contribution in [0.1, 0.15) is 33.5 Å². The summed E-state index contributed by atoms with van der Waals surface area (Å²) in [6.07, 6.45) is 2.43. The molecule has 0 spiro atoms. The first kappa shape index (κ1) is 15.2. The highest BCUT2D eigenvalue weighted by Crippen LogP contribution is 2.33. The van der Waals surface area contributed by atoms with E-state index < -0.39 is 0 Å². The maximum atomic E-state index is 12.2. The third-order valence-corrected chi connectivity index (χ3v) is 5.51. The minimum absolute atomic E-state index is 0.0576. The molecule has 1 aliphatic heterocycles. The lowest BCUT2D eigenvalue weighted by atomic mass is 10.0. The molecule has 2 aromatic rings. The van der Waals surface area contributed by atoms with Gasteiger partial charge in [0.2, 0.25) is 5.91 Å². The van der Waals surface area contributed by atoms with Gasteiger partial charge < -0.3 is 10.2 Å². The molecule has 1 N–H and O–H groups in total. The highest BCUT2D eigenvalue weighted by Gasteiger charge is 2.39. The molecule has 5 nitrogen and oxygen atoms in total. The number of amides is 1. The van der Waals surface area contributed by atoms with Crippen LogP contribution in [0.25, 0.3) is 0 Å². The van der Waals surface area contributed by atoms with Crippen molar-refractivity contribution in [2.45, 2.75) is 38.9 Å². The monoisotopic (exact) mass is 318 g/mol. The zero-order valence-corrected chi connectivity index (χ0v) is 14.3. The second-order valence-electron chi connectivity index (χ2n) is 5.96. The second kappa shape index (κ2) is 5.85. The Hall–Kier alpha value is -1.66. The predicted octanol–water partition coefficient (Wildman–Crippen LogP) is 2.16. The summed E-state index contributed by atoms with van der Waals surface area (Å²) in [6, 6.07) is 4.47. The third-order valence-electron chi connectivity index (χ3n) is 4.51. The van der Waals surface area contributed by atoms with Crippen molar-refractivity contribution < 1.29 is 4.79 Å². The van der Waals surface area contributed by atoms with Crippen LogP contribution in [0.3, 0.4) is 0 Å². The van der Waals surface area contributed by atoms with E-state index in [2.05, 4.69) is 36.4 Å². The Morgan fingerprint density at radius 2 is 2.14 bits per heavy atom. The van der Waals surface area contributed by atoms with Crippen molar-refractivity contribution in [3.8, 4) is 0 Å². The number of thiophene rings is 1. The highest BCUT2D eigenvalue weighted by atomic mass is 32.1. The van der Waals surface area contributed by atoms with Gasteiger partial charge in [-0.05, 0) is 26.0 Å². The molecule has 1 amide bonds. The van der Waals surface area contributed by atoms with Crippen molar-refractivity contribution in [3.63, 3.8) is 0 Å². The number of rotatable bonds is 4. The van der Waals surface area contributed by atoms with Crippen molar-refractivity contribution in [1.29, 1.82) is 0 Å². The number of hydrogen-bond donors (Lipinski definition) is 1. The van der Waals surface area contributed by atoms with E-state index in [4.69, 9.17) is 0 Å². The largest absolute Gasteiger partial charge is 0.337 e. The fourth-order valence-corrected chi connectivity index (χ4v) is 3.94. The predicted molar refractivity (Wildman–Crippen MR) is 87.8 cm³/mol. The van der Waals surface area contributed by atoms with Crippen molar-refractivity contribution in [3.05, 3.63) is 39.3 Å². The van der Waals surface area contributed by atoms with Gasteiger partial charge in [-0.2, -0.15) is 5.10 Å². The molecule has 22 heavy (non-hydrogen) atoms. The lowest BCUT2D eigenvalue weighted by Crippen LogP contribution is -2.34. The first-order valence-corrected chi connectivity index (χ1v) is 8.32. The van der Waals surface area contributed by atoms with Gasteiger partial charge in [-0.1, -0.05) is 0 Å². The topological polar surface area (TPSA) is 50.2 Å². The molecule has 6 heteroatoms. The molecule has 2 aromatic heterocycles. The number of nitrogens with zero attached hydrogens (tertiary/aromatic N) is 3. The Kier molecular flexibility index (Phi) is 4.06. The Bertz CT molecular complexity index is 690. The molecule has 0 saturated carbocycles. The molecule has 0 unspecified atom stereocenters. The van der Waals surface area contributed by atoms with Gasteiger partial charge >= 0.3 is 0 Å². The molecule has 0 bridgehead atoms. The van der Waals surface area contributed by atoms with Gasteiger partial charge in [-0.15, -0.1) is 11.3 Å².